The van der Waals surface area contributed by atoms with Crippen LogP contribution in [-0.2, 0) is 0 Å². The maximum atomic E-state index is 6.30. The first-order valence-corrected chi connectivity index (χ1v) is 8.34. The number of imidazole rings is 1. The van der Waals surface area contributed by atoms with Gasteiger partial charge in [-0.05, 0) is 24.3 Å². The van der Waals surface area contributed by atoms with Gasteiger partial charge in [-0.25, -0.2) is 4.98 Å². The minimum atomic E-state index is 0.350. The molecule has 1 aromatic carbocycles. The number of hydrogen-bond donors (Lipinski definition) is 1. The van der Waals surface area contributed by atoms with Gasteiger partial charge in [0.05, 0.1) is 11.9 Å². The van der Waals surface area contributed by atoms with Gasteiger partial charge in [0.15, 0.2) is 0 Å². The number of ether oxygens (including phenoxy) is 1. The average Bonchev–Trinajstić information content (AvgIpc) is 3.00. The summed E-state index contributed by atoms with van der Waals surface area (Å²) < 4.78 is 6.30. The predicted octanol–water partition coefficient (Wildman–Crippen LogP) is 2.80. The van der Waals surface area contributed by atoms with Crippen molar-refractivity contribution in [2.75, 3.05) is 19.6 Å². The topological polar surface area (TPSA) is 41.1 Å². The lowest BCUT2D eigenvalue weighted by Crippen LogP contribution is -2.61. The second-order valence-corrected chi connectivity index (χ2v) is 7.13. The number of hydrogen-bond acceptors (Lipinski definition) is 3. The third-order valence-electron chi connectivity index (χ3n) is 5.59. The standard InChI is InChI=1S/C18H21N3O/c1-2-4-13(5-3-1)16-8-19-18(20-16)22-17-14-6-12-7-15(17)11-21(9-12)10-14/h1-5,8,12,14-15,17H,6-7,9-11H2,(H,19,20)/t12?,14-,15-,17?/m0/s1. The van der Waals surface area contributed by atoms with Crippen LogP contribution in [-0.4, -0.2) is 40.6 Å². The van der Waals surface area contributed by atoms with Crippen molar-refractivity contribution in [1.29, 1.82) is 0 Å². The second-order valence-electron chi connectivity index (χ2n) is 7.13. The summed E-state index contributed by atoms with van der Waals surface area (Å²) in [6, 6.07) is 11.0. The van der Waals surface area contributed by atoms with Crippen LogP contribution in [0.15, 0.2) is 36.5 Å². The molecule has 2 atom stereocenters. The second kappa shape index (κ2) is 4.85. The molecule has 3 saturated heterocycles. The van der Waals surface area contributed by atoms with Crippen LogP contribution in [0.2, 0.25) is 0 Å². The molecule has 1 aromatic heterocycles. The Morgan fingerprint density at radius 1 is 1.05 bits per heavy atom. The van der Waals surface area contributed by atoms with Crippen molar-refractivity contribution >= 4 is 0 Å². The lowest BCUT2D eigenvalue weighted by Gasteiger charge is -2.55. The maximum absolute atomic E-state index is 6.30. The van der Waals surface area contributed by atoms with Crippen molar-refractivity contribution in [2.24, 2.45) is 17.8 Å². The summed E-state index contributed by atoms with van der Waals surface area (Å²) in [5.41, 5.74) is 2.18. The zero-order valence-electron chi connectivity index (χ0n) is 12.6. The van der Waals surface area contributed by atoms with Gasteiger partial charge in [0.2, 0.25) is 0 Å². The van der Waals surface area contributed by atoms with Gasteiger partial charge in [0.25, 0.3) is 6.01 Å². The minimum Gasteiger partial charge on any atom is -0.461 e. The first-order valence-electron chi connectivity index (χ1n) is 8.34. The summed E-state index contributed by atoms with van der Waals surface area (Å²) in [7, 11) is 0. The summed E-state index contributed by atoms with van der Waals surface area (Å²) in [6.07, 6.45) is 4.90. The lowest BCUT2D eigenvalue weighted by atomic mass is 9.66. The molecule has 114 valence electrons. The monoisotopic (exact) mass is 295 g/mol. The van der Waals surface area contributed by atoms with Gasteiger partial charge in [-0.15, -0.1) is 0 Å². The largest absolute Gasteiger partial charge is 0.461 e. The van der Waals surface area contributed by atoms with E-state index in [1.165, 1.54) is 32.5 Å². The third-order valence-corrected chi connectivity index (χ3v) is 5.59. The van der Waals surface area contributed by atoms with E-state index in [4.69, 9.17) is 4.74 Å². The number of rotatable bonds is 3. The van der Waals surface area contributed by atoms with E-state index in [9.17, 15) is 0 Å². The maximum Gasteiger partial charge on any atom is 0.294 e. The molecule has 4 bridgehead atoms. The van der Waals surface area contributed by atoms with E-state index in [0.717, 1.165) is 17.2 Å². The van der Waals surface area contributed by atoms with Gasteiger partial charge in [-0.3, -0.25) is 0 Å². The Labute approximate surface area is 130 Å². The number of piperidine rings is 3. The van der Waals surface area contributed by atoms with Crippen LogP contribution < -0.4 is 4.74 Å². The fourth-order valence-electron chi connectivity index (χ4n) is 4.81. The number of H-pyrrole nitrogens is 1. The van der Waals surface area contributed by atoms with Crippen molar-refractivity contribution in [3.8, 4) is 17.3 Å². The van der Waals surface area contributed by atoms with Crippen molar-refractivity contribution in [1.82, 2.24) is 14.9 Å². The Bertz CT molecular complexity index is 638. The zero-order chi connectivity index (χ0) is 14.5. The van der Waals surface area contributed by atoms with E-state index in [0.29, 0.717) is 24.0 Å². The van der Waals surface area contributed by atoms with Crippen molar-refractivity contribution < 1.29 is 4.74 Å². The van der Waals surface area contributed by atoms with Crippen LogP contribution in [0.25, 0.3) is 11.3 Å². The zero-order valence-corrected chi connectivity index (χ0v) is 12.6. The van der Waals surface area contributed by atoms with Crippen LogP contribution in [0.1, 0.15) is 12.8 Å². The highest BCUT2D eigenvalue weighted by Crippen LogP contribution is 2.44. The molecule has 4 nitrogen and oxygen atoms in total. The van der Waals surface area contributed by atoms with E-state index in [-0.39, 0.29) is 0 Å². The minimum absolute atomic E-state index is 0.350. The number of nitrogens with one attached hydrogen (secondary N) is 1. The molecule has 4 fully saturated rings. The van der Waals surface area contributed by atoms with Gasteiger partial charge in [-0.1, -0.05) is 30.3 Å². The van der Waals surface area contributed by atoms with Crippen molar-refractivity contribution in [3.63, 3.8) is 0 Å². The van der Waals surface area contributed by atoms with E-state index < -0.39 is 0 Å². The molecule has 4 heteroatoms. The highest BCUT2D eigenvalue weighted by atomic mass is 16.5. The molecule has 22 heavy (non-hydrogen) atoms. The predicted molar refractivity (Wildman–Crippen MR) is 84.6 cm³/mol. The fourth-order valence-corrected chi connectivity index (χ4v) is 4.81. The molecular weight excluding hydrogens is 274 g/mol. The molecule has 0 radical (unpaired) electrons. The van der Waals surface area contributed by atoms with Crippen LogP contribution in [0.4, 0.5) is 0 Å². The Morgan fingerprint density at radius 3 is 2.55 bits per heavy atom. The number of aromatic nitrogens is 2. The normalized spacial score (nSPS) is 35.7. The summed E-state index contributed by atoms with van der Waals surface area (Å²) in [5.74, 6) is 2.29. The van der Waals surface area contributed by atoms with Gasteiger partial charge in [0.1, 0.15) is 6.10 Å². The highest BCUT2D eigenvalue weighted by molar-refractivity contribution is 5.58. The molecule has 1 aliphatic carbocycles. The molecule has 1 saturated carbocycles. The Kier molecular flexibility index (Phi) is 2.80. The molecule has 4 aliphatic rings. The van der Waals surface area contributed by atoms with Crippen LogP contribution in [0.3, 0.4) is 0 Å². The molecular formula is C18H21N3O. The third kappa shape index (κ3) is 2.05. The molecule has 0 unspecified atom stereocenters. The molecule has 0 amide bonds. The van der Waals surface area contributed by atoms with Crippen molar-refractivity contribution in [2.45, 2.75) is 18.9 Å². The number of aromatic amines is 1. The quantitative estimate of drug-likeness (QED) is 0.946. The SMILES string of the molecule is c1ccc(-c2cnc(OC3[C@H]4CC5C[C@H]3CN(C5)C4)[nH]2)cc1. The number of benzene rings is 1. The first-order chi connectivity index (χ1) is 10.8. The first kappa shape index (κ1) is 12.7. The van der Waals surface area contributed by atoms with Crippen LogP contribution in [0.5, 0.6) is 6.01 Å². The van der Waals surface area contributed by atoms with E-state index in [2.05, 4.69) is 27.0 Å². The Morgan fingerprint density at radius 2 is 1.82 bits per heavy atom. The number of nitrogens with zero attached hydrogens (tertiary/aromatic N) is 2. The summed E-state index contributed by atoms with van der Waals surface area (Å²) in [6.45, 7) is 3.74. The van der Waals surface area contributed by atoms with Crippen molar-refractivity contribution in [3.05, 3.63) is 36.5 Å². The smallest absolute Gasteiger partial charge is 0.294 e. The fraction of sp³-hybridized carbons (Fsp3) is 0.500. The van der Waals surface area contributed by atoms with Gasteiger partial charge < -0.3 is 14.6 Å². The molecule has 0 spiro atoms. The van der Waals surface area contributed by atoms with E-state index in [1.807, 2.05) is 24.4 Å². The van der Waals surface area contributed by atoms with E-state index in [1.54, 1.807) is 0 Å². The average molecular weight is 295 g/mol. The van der Waals surface area contributed by atoms with E-state index >= 15 is 0 Å². The summed E-state index contributed by atoms with van der Waals surface area (Å²) in [4.78, 5) is 10.4. The molecule has 2 aromatic rings. The summed E-state index contributed by atoms with van der Waals surface area (Å²) >= 11 is 0. The van der Waals surface area contributed by atoms with Crippen LogP contribution >= 0.6 is 0 Å². The lowest BCUT2D eigenvalue weighted by molar-refractivity contribution is -0.101. The van der Waals surface area contributed by atoms with Crippen LogP contribution in [0, 0.1) is 17.8 Å². The Hall–Kier alpha value is -1.81. The summed E-state index contributed by atoms with van der Waals surface area (Å²) in [5, 5.41) is 0. The van der Waals surface area contributed by atoms with Gasteiger partial charge in [0, 0.05) is 31.5 Å². The molecule has 4 heterocycles. The molecule has 6 rings (SSSR count). The molecule has 1 N–H and O–H groups in total. The Balaban J connectivity index is 1.35. The highest BCUT2D eigenvalue weighted by Gasteiger charge is 2.48. The van der Waals surface area contributed by atoms with Gasteiger partial charge >= 0.3 is 0 Å². The van der Waals surface area contributed by atoms with Gasteiger partial charge in [-0.2, -0.15) is 0 Å². The molecule has 3 aliphatic heterocycles.